The second kappa shape index (κ2) is 4.93. The Morgan fingerprint density at radius 2 is 1.60 bits per heavy atom. The first kappa shape index (κ1) is 19.0. The summed E-state index contributed by atoms with van der Waals surface area (Å²) in [6.45, 7) is 6.01. The van der Waals surface area contributed by atoms with Crippen LogP contribution in [-0.4, -0.2) is 29.2 Å². The van der Waals surface area contributed by atoms with Gasteiger partial charge in [-0.3, -0.25) is 0 Å². The summed E-state index contributed by atoms with van der Waals surface area (Å²) in [4.78, 5) is 0. The van der Waals surface area contributed by atoms with Crippen molar-refractivity contribution in [3.8, 4) is 0 Å². The minimum Gasteiger partial charge on any atom is -0.362 e. The van der Waals surface area contributed by atoms with Crippen LogP contribution in [0.2, 0.25) is 0 Å². The summed E-state index contributed by atoms with van der Waals surface area (Å²) in [5, 5.41) is 0. The van der Waals surface area contributed by atoms with Crippen LogP contribution in [0.4, 0.5) is 30.7 Å². The van der Waals surface area contributed by atoms with Crippen LogP contribution in [0, 0.1) is 17.3 Å². The van der Waals surface area contributed by atoms with Gasteiger partial charge in [-0.1, -0.05) is 6.08 Å². The van der Waals surface area contributed by atoms with Crippen LogP contribution in [0.15, 0.2) is 12.7 Å². The van der Waals surface area contributed by atoms with Crippen LogP contribution in [0.1, 0.15) is 46.0 Å². The Morgan fingerprint density at radius 1 is 1.00 bits per heavy atom. The normalized spacial score (nSPS) is 44.7. The third kappa shape index (κ3) is 2.38. The summed E-state index contributed by atoms with van der Waals surface area (Å²) in [6, 6.07) is 0. The number of alkyl halides is 7. The molecule has 1 nitrogen and oxygen atoms in total. The van der Waals surface area contributed by atoms with Crippen molar-refractivity contribution in [3.05, 3.63) is 12.7 Å². The zero-order valence-corrected chi connectivity index (χ0v) is 14.0. The first-order chi connectivity index (χ1) is 11.1. The van der Waals surface area contributed by atoms with Gasteiger partial charge >= 0.3 is 18.0 Å². The van der Waals surface area contributed by atoms with E-state index in [0.717, 1.165) is 6.92 Å². The molecule has 4 rings (SSSR count). The smallest absolute Gasteiger partial charge is 0.362 e. The molecule has 144 valence electrons. The topological polar surface area (TPSA) is 9.23 Å². The number of ether oxygens (including phenoxy) is 1. The van der Waals surface area contributed by atoms with Gasteiger partial charge in [0.25, 0.3) is 0 Å². The van der Waals surface area contributed by atoms with Gasteiger partial charge in [-0.25, -0.2) is 0 Å². The Morgan fingerprint density at radius 3 is 2.12 bits per heavy atom. The number of hydrogen-bond acceptors (Lipinski definition) is 1. The van der Waals surface area contributed by atoms with Gasteiger partial charge in [-0.15, -0.1) is 6.58 Å². The SMILES string of the molecule is C=CC12CC3CC(C1)C(C)(C(F)(F)C(F)(F)C(F)(F)F)OC(C)(C3)C2. The van der Waals surface area contributed by atoms with E-state index in [9.17, 15) is 30.7 Å². The Balaban J connectivity index is 2.12. The molecule has 2 saturated heterocycles. The molecule has 0 N–H and O–H groups in total. The van der Waals surface area contributed by atoms with E-state index in [1.807, 2.05) is 0 Å². The molecule has 4 bridgehead atoms. The van der Waals surface area contributed by atoms with E-state index in [2.05, 4.69) is 6.58 Å². The van der Waals surface area contributed by atoms with Crippen LogP contribution in [0.25, 0.3) is 0 Å². The molecule has 0 aromatic heterocycles. The number of hydrogen-bond donors (Lipinski definition) is 0. The lowest BCUT2D eigenvalue weighted by atomic mass is 9.54. The van der Waals surface area contributed by atoms with Gasteiger partial charge in [0.05, 0.1) is 5.60 Å². The minimum atomic E-state index is -6.36. The second-order valence-electron chi connectivity index (χ2n) is 8.46. The van der Waals surface area contributed by atoms with Gasteiger partial charge in [-0.05, 0) is 63.2 Å². The van der Waals surface area contributed by atoms with Gasteiger partial charge in [0.2, 0.25) is 0 Å². The second-order valence-corrected chi connectivity index (χ2v) is 8.46. The highest BCUT2D eigenvalue weighted by Gasteiger charge is 2.81. The summed E-state index contributed by atoms with van der Waals surface area (Å²) >= 11 is 0. The highest BCUT2D eigenvalue weighted by Crippen LogP contribution is 2.66. The van der Waals surface area contributed by atoms with E-state index in [-0.39, 0.29) is 18.8 Å². The van der Waals surface area contributed by atoms with Crippen LogP contribution in [-0.2, 0) is 4.74 Å². The third-order valence-corrected chi connectivity index (χ3v) is 6.46. The Labute approximate surface area is 141 Å². The maximum atomic E-state index is 14.7. The summed E-state index contributed by atoms with van der Waals surface area (Å²) in [5.41, 5.74) is -4.63. The van der Waals surface area contributed by atoms with Crippen molar-refractivity contribution in [3.63, 3.8) is 0 Å². The standard InChI is InChI=1S/C17H21F7O/c1-4-14-7-10-5-11(8-14)13(3,25-12(2,6-10)9-14)15(18,19)16(20,21)17(22,23)24/h4,10-11H,1,5-9H2,2-3H3. The molecule has 0 spiro atoms. The molecule has 8 heteroatoms. The molecular weight excluding hydrogens is 353 g/mol. The number of halogens is 7. The quantitative estimate of drug-likeness (QED) is 0.452. The molecule has 0 aromatic rings. The van der Waals surface area contributed by atoms with E-state index in [1.54, 1.807) is 6.08 Å². The molecule has 25 heavy (non-hydrogen) atoms. The van der Waals surface area contributed by atoms with Crippen LogP contribution >= 0.6 is 0 Å². The van der Waals surface area contributed by atoms with Gasteiger partial charge in [0, 0.05) is 0 Å². The summed E-state index contributed by atoms with van der Waals surface area (Å²) in [7, 11) is 0. The summed E-state index contributed by atoms with van der Waals surface area (Å²) in [6.07, 6.45) is -3.11. The van der Waals surface area contributed by atoms with Gasteiger partial charge < -0.3 is 4.74 Å². The first-order valence-electron chi connectivity index (χ1n) is 8.28. The lowest BCUT2D eigenvalue weighted by Gasteiger charge is -2.49. The van der Waals surface area contributed by atoms with Crippen molar-refractivity contribution in [2.24, 2.45) is 17.3 Å². The Kier molecular flexibility index (Phi) is 3.74. The van der Waals surface area contributed by atoms with Crippen molar-refractivity contribution in [1.82, 2.24) is 0 Å². The molecule has 2 aliphatic carbocycles. The number of rotatable bonds is 3. The van der Waals surface area contributed by atoms with Crippen molar-refractivity contribution < 1.29 is 35.5 Å². The molecule has 2 saturated carbocycles. The fourth-order valence-electron chi connectivity index (χ4n) is 5.59. The lowest BCUT2D eigenvalue weighted by molar-refractivity contribution is -0.402. The van der Waals surface area contributed by atoms with Crippen molar-refractivity contribution in [2.45, 2.75) is 75.2 Å². The number of fused-ring (bicyclic) bond motifs is 1. The molecule has 2 aliphatic heterocycles. The van der Waals surface area contributed by atoms with Crippen LogP contribution < -0.4 is 0 Å². The van der Waals surface area contributed by atoms with E-state index in [0.29, 0.717) is 19.3 Å². The maximum Gasteiger partial charge on any atom is 0.459 e. The van der Waals surface area contributed by atoms with E-state index in [1.165, 1.54) is 6.92 Å². The average molecular weight is 374 g/mol. The molecule has 0 aromatic carbocycles. The maximum absolute atomic E-state index is 14.7. The van der Waals surface area contributed by atoms with Crippen molar-refractivity contribution in [1.29, 1.82) is 0 Å². The molecule has 0 amide bonds. The minimum absolute atomic E-state index is 0.0485. The Hall–Kier alpha value is -0.790. The summed E-state index contributed by atoms with van der Waals surface area (Å²) in [5.74, 6) is -12.7. The molecule has 5 atom stereocenters. The monoisotopic (exact) mass is 374 g/mol. The third-order valence-electron chi connectivity index (χ3n) is 6.46. The largest absolute Gasteiger partial charge is 0.459 e. The number of allylic oxidation sites excluding steroid dienone is 1. The highest BCUT2D eigenvalue weighted by atomic mass is 19.4. The fourth-order valence-corrected chi connectivity index (χ4v) is 5.59. The zero-order valence-electron chi connectivity index (χ0n) is 14.0. The van der Waals surface area contributed by atoms with Crippen LogP contribution in [0.5, 0.6) is 0 Å². The van der Waals surface area contributed by atoms with Crippen LogP contribution in [0.3, 0.4) is 0 Å². The molecule has 0 radical (unpaired) electrons. The predicted octanol–water partition coefficient (Wildman–Crippen LogP) is 5.75. The van der Waals surface area contributed by atoms with E-state index >= 15 is 0 Å². The predicted molar refractivity (Wildman–Crippen MR) is 76.5 cm³/mol. The van der Waals surface area contributed by atoms with Crippen molar-refractivity contribution >= 4 is 0 Å². The lowest BCUT2D eigenvalue weighted by Crippen LogP contribution is -2.67. The van der Waals surface area contributed by atoms with E-state index < -0.39 is 40.6 Å². The molecule has 5 unspecified atom stereocenters. The van der Waals surface area contributed by atoms with E-state index in [4.69, 9.17) is 4.74 Å². The highest BCUT2D eigenvalue weighted by molar-refractivity contribution is 5.18. The zero-order chi connectivity index (χ0) is 19.1. The first-order valence-corrected chi connectivity index (χ1v) is 8.28. The average Bonchev–Trinajstić information content (AvgIpc) is 2.55. The fraction of sp³-hybridized carbons (Fsp3) is 0.882. The Bertz CT molecular complexity index is 586. The molecule has 2 heterocycles. The van der Waals surface area contributed by atoms with Gasteiger partial charge in [-0.2, -0.15) is 30.7 Å². The molecule has 4 fully saturated rings. The van der Waals surface area contributed by atoms with Gasteiger partial charge in [0.1, 0.15) is 5.60 Å². The van der Waals surface area contributed by atoms with Gasteiger partial charge in [0.15, 0.2) is 0 Å². The summed E-state index contributed by atoms with van der Waals surface area (Å²) < 4.78 is 101. The van der Waals surface area contributed by atoms with Crippen molar-refractivity contribution in [2.75, 3.05) is 0 Å². The molecular formula is C17H21F7O. The molecule has 4 aliphatic rings.